The van der Waals surface area contributed by atoms with Gasteiger partial charge in [-0.25, -0.2) is 0 Å². The van der Waals surface area contributed by atoms with E-state index in [0.717, 1.165) is 23.0 Å². The van der Waals surface area contributed by atoms with Crippen LogP contribution < -0.4 is 5.32 Å². The van der Waals surface area contributed by atoms with E-state index in [9.17, 15) is 0 Å². The van der Waals surface area contributed by atoms with E-state index in [-0.39, 0.29) is 6.04 Å². The number of nitrogens with one attached hydrogen (secondary N) is 1. The van der Waals surface area contributed by atoms with Crippen molar-refractivity contribution in [2.45, 2.75) is 25.8 Å². The van der Waals surface area contributed by atoms with Crippen molar-refractivity contribution >= 4 is 23.2 Å². The molecule has 1 aliphatic rings. The van der Waals surface area contributed by atoms with Crippen LogP contribution >= 0.6 is 23.2 Å². The molecule has 1 fully saturated rings. The van der Waals surface area contributed by atoms with Crippen molar-refractivity contribution in [1.29, 1.82) is 0 Å². The van der Waals surface area contributed by atoms with Crippen LogP contribution in [-0.2, 0) is 0 Å². The summed E-state index contributed by atoms with van der Waals surface area (Å²) >= 11 is 12.4. The van der Waals surface area contributed by atoms with Gasteiger partial charge in [0.25, 0.3) is 0 Å². The van der Waals surface area contributed by atoms with Gasteiger partial charge in [-0.1, -0.05) is 59.1 Å². The number of hydrogen-bond acceptors (Lipinski definition) is 1. The third kappa shape index (κ3) is 3.79. The summed E-state index contributed by atoms with van der Waals surface area (Å²) in [6.45, 7) is 3.16. The van der Waals surface area contributed by atoms with E-state index < -0.39 is 0 Å². The Balaban J connectivity index is 1.93. The highest BCUT2D eigenvalue weighted by atomic mass is 35.5. The smallest absolute Gasteiger partial charge is 0.0591 e. The van der Waals surface area contributed by atoms with Gasteiger partial charge >= 0.3 is 0 Å². The van der Waals surface area contributed by atoms with Gasteiger partial charge in [0.2, 0.25) is 0 Å². The topological polar surface area (TPSA) is 12.0 Å². The van der Waals surface area contributed by atoms with Crippen molar-refractivity contribution < 1.29 is 0 Å². The first kappa shape index (κ1) is 14.9. The van der Waals surface area contributed by atoms with Crippen LogP contribution in [0.15, 0.2) is 42.5 Å². The van der Waals surface area contributed by atoms with E-state index in [1.165, 1.54) is 24.0 Å². The Bertz CT molecular complexity index is 635. The first-order valence-electron chi connectivity index (χ1n) is 7.38. The molecule has 1 nitrogen and oxygen atoms in total. The lowest BCUT2D eigenvalue weighted by Crippen LogP contribution is -2.25. The molecule has 0 amide bonds. The zero-order valence-corrected chi connectivity index (χ0v) is 13.6. The minimum absolute atomic E-state index is 0.121. The molecule has 110 valence electrons. The van der Waals surface area contributed by atoms with Crippen molar-refractivity contribution in [1.82, 2.24) is 5.32 Å². The summed E-state index contributed by atoms with van der Waals surface area (Å²) in [4.78, 5) is 0. The predicted molar refractivity (Wildman–Crippen MR) is 90.2 cm³/mol. The molecule has 0 heterocycles. The Morgan fingerprint density at radius 1 is 1.14 bits per heavy atom. The van der Waals surface area contributed by atoms with Crippen molar-refractivity contribution in [2.75, 3.05) is 6.54 Å². The molecular weight excluding hydrogens is 301 g/mol. The lowest BCUT2D eigenvalue weighted by atomic mass is 9.97. The van der Waals surface area contributed by atoms with Crippen LogP contribution in [0.2, 0.25) is 10.0 Å². The minimum atomic E-state index is 0.121. The summed E-state index contributed by atoms with van der Waals surface area (Å²) in [6.07, 6.45) is 2.67. The minimum Gasteiger partial charge on any atom is -0.306 e. The van der Waals surface area contributed by atoms with Gasteiger partial charge in [-0.2, -0.15) is 0 Å². The summed E-state index contributed by atoms with van der Waals surface area (Å²) < 4.78 is 0. The Morgan fingerprint density at radius 2 is 1.95 bits per heavy atom. The third-order valence-electron chi connectivity index (χ3n) is 3.96. The Morgan fingerprint density at radius 3 is 2.62 bits per heavy atom. The van der Waals surface area contributed by atoms with E-state index in [4.69, 9.17) is 23.2 Å². The molecule has 1 N–H and O–H groups in total. The summed E-state index contributed by atoms with van der Waals surface area (Å²) in [5, 5.41) is 5.07. The Labute approximate surface area is 136 Å². The molecule has 3 heteroatoms. The first-order valence-corrected chi connectivity index (χ1v) is 8.14. The highest BCUT2D eigenvalue weighted by Gasteiger charge is 2.24. The lowest BCUT2D eigenvalue weighted by molar-refractivity contribution is 0.573. The largest absolute Gasteiger partial charge is 0.306 e. The average Bonchev–Trinajstić information content (AvgIpc) is 3.25. The van der Waals surface area contributed by atoms with Gasteiger partial charge in [0.15, 0.2) is 0 Å². The zero-order valence-electron chi connectivity index (χ0n) is 12.1. The summed E-state index contributed by atoms with van der Waals surface area (Å²) in [7, 11) is 0. The van der Waals surface area contributed by atoms with E-state index >= 15 is 0 Å². The van der Waals surface area contributed by atoms with Gasteiger partial charge in [0.05, 0.1) is 6.04 Å². The fourth-order valence-corrected chi connectivity index (χ4v) is 3.12. The average molecular weight is 320 g/mol. The van der Waals surface area contributed by atoms with Crippen LogP contribution in [0, 0.1) is 12.8 Å². The summed E-state index contributed by atoms with van der Waals surface area (Å²) in [6, 6.07) is 14.5. The van der Waals surface area contributed by atoms with Crippen LogP contribution in [0.25, 0.3) is 0 Å². The van der Waals surface area contributed by atoms with Crippen LogP contribution in [0.4, 0.5) is 0 Å². The van der Waals surface area contributed by atoms with Crippen molar-refractivity contribution in [2.24, 2.45) is 5.92 Å². The second-order valence-electron chi connectivity index (χ2n) is 5.86. The van der Waals surface area contributed by atoms with E-state index in [1.54, 1.807) is 0 Å². The number of rotatable bonds is 5. The molecular formula is C18H19Cl2N. The van der Waals surface area contributed by atoms with Crippen molar-refractivity contribution in [3.8, 4) is 0 Å². The quantitative estimate of drug-likeness (QED) is 0.779. The van der Waals surface area contributed by atoms with Crippen LogP contribution in [0.1, 0.15) is 35.6 Å². The van der Waals surface area contributed by atoms with Crippen LogP contribution in [-0.4, -0.2) is 6.54 Å². The SMILES string of the molecule is Cc1cccc(C(NCC2CC2)c2ccc(Cl)cc2Cl)c1. The fraction of sp³-hybridized carbons (Fsp3) is 0.333. The Kier molecular flexibility index (Phi) is 4.54. The molecule has 0 aromatic heterocycles. The normalized spacial score (nSPS) is 16.0. The van der Waals surface area contributed by atoms with Gasteiger partial charge in [0, 0.05) is 10.0 Å². The molecule has 0 radical (unpaired) electrons. The molecule has 1 unspecified atom stereocenters. The van der Waals surface area contributed by atoms with E-state index in [0.29, 0.717) is 5.02 Å². The second kappa shape index (κ2) is 6.39. The molecule has 3 rings (SSSR count). The molecule has 1 saturated carbocycles. The van der Waals surface area contributed by atoms with Gasteiger partial charge < -0.3 is 5.32 Å². The number of benzene rings is 2. The molecule has 0 saturated heterocycles. The fourth-order valence-electron chi connectivity index (χ4n) is 2.60. The molecule has 0 aliphatic heterocycles. The van der Waals surface area contributed by atoms with E-state index in [1.807, 2.05) is 18.2 Å². The zero-order chi connectivity index (χ0) is 14.8. The standard InChI is InChI=1S/C18H19Cl2N/c1-12-3-2-4-14(9-12)18(21-11-13-5-6-13)16-8-7-15(19)10-17(16)20/h2-4,7-10,13,18,21H,5-6,11H2,1H3. The number of halogens is 2. The maximum atomic E-state index is 6.42. The van der Waals surface area contributed by atoms with Crippen molar-refractivity contribution in [3.63, 3.8) is 0 Å². The molecule has 2 aromatic carbocycles. The maximum absolute atomic E-state index is 6.42. The first-order chi connectivity index (χ1) is 10.1. The van der Waals surface area contributed by atoms with E-state index in [2.05, 4.69) is 36.5 Å². The molecule has 0 bridgehead atoms. The molecule has 1 atom stereocenters. The van der Waals surface area contributed by atoms with Crippen LogP contribution in [0.3, 0.4) is 0 Å². The van der Waals surface area contributed by atoms with Gasteiger partial charge in [-0.3, -0.25) is 0 Å². The molecule has 2 aromatic rings. The molecule has 21 heavy (non-hydrogen) atoms. The molecule has 1 aliphatic carbocycles. The second-order valence-corrected chi connectivity index (χ2v) is 6.71. The van der Waals surface area contributed by atoms with Crippen LogP contribution in [0.5, 0.6) is 0 Å². The predicted octanol–water partition coefficient (Wildman–Crippen LogP) is 5.39. The van der Waals surface area contributed by atoms with Gasteiger partial charge in [-0.05, 0) is 55.5 Å². The number of aryl methyl sites for hydroxylation is 1. The lowest BCUT2D eigenvalue weighted by Gasteiger charge is -2.21. The Hall–Kier alpha value is -1.02. The highest BCUT2D eigenvalue weighted by Crippen LogP contribution is 2.33. The molecule has 0 spiro atoms. The van der Waals surface area contributed by atoms with Gasteiger partial charge in [0.1, 0.15) is 0 Å². The number of hydrogen-bond donors (Lipinski definition) is 1. The summed E-state index contributed by atoms with van der Waals surface area (Å²) in [5.41, 5.74) is 3.60. The highest BCUT2D eigenvalue weighted by molar-refractivity contribution is 6.35. The van der Waals surface area contributed by atoms with Gasteiger partial charge in [-0.15, -0.1) is 0 Å². The maximum Gasteiger partial charge on any atom is 0.0591 e. The summed E-state index contributed by atoms with van der Waals surface area (Å²) in [5.74, 6) is 0.823. The third-order valence-corrected chi connectivity index (χ3v) is 4.52. The van der Waals surface area contributed by atoms with Crippen molar-refractivity contribution in [3.05, 3.63) is 69.2 Å². The monoisotopic (exact) mass is 319 g/mol.